The van der Waals surface area contributed by atoms with Gasteiger partial charge in [-0.25, -0.2) is 0 Å². The summed E-state index contributed by atoms with van der Waals surface area (Å²) in [5.74, 6) is 0.817. The SMILES string of the molecule is Cc1nc(/N=C\Nc2ccccc2)no1. The molecule has 0 fully saturated rings. The second kappa shape index (κ2) is 4.36. The fourth-order valence-corrected chi connectivity index (χ4v) is 1.04. The third-order valence-corrected chi connectivity index (χ3v) is 1.70. The molecule has 0 radical (unpaired) electrons. The van der Waals surface area contributed by atoms with Crippen molar-refractivity contribution < 1.29 is 4.52 Å². The van der Waals surface area contributed by atoms with Gasteiger partial charge in [0.05, 0.1) is 6.34 Å². The Bertz CT molecular complexity index is 449. The predicted octanol–water partition coefficient (Wildman–Crippen LogP) is 2.15. The Balaban J connectivity index is 1.96. The minimum Gasteiger partial charge on any atom is -0.346 e. The molecule has 0 aliphatic heterocycles. The Kier molecular flexibility index (Phi) is 2.73. The van der Waals surface area contributed by atoms with Crippen LogP contribution in [0.1, 0.15) is 5.89 Å². The second-order valence-corrected chi connectivity index (χ2v) is 2.88. The number of hydrogen-bond donors (Lipinski definition) is 1. The first-order valence-corrected chi connectivity index (χ1v) is 4.49. The van der Waals surface area contributed by atoms with Crippen molar-refractivity contribution in [3.05, 3.63) is 36.2 Å². The fraction of sp³-hybridized carbons (Fsp3) is 0.100. The van der Waals surface area contributed by atoms with Crippen LogP contribution < -0.4 is 5.32 Å². The Hall–Kier alpha value is -2.17. The van der Waals surface area contributed by atoms with Crippen molar-refractivity contribution in [2.45, 2.75) is 6.92 Å². The number of nitrogens with one attached hydrogen (secondary N) is 1. The zero-order valence-corrected chi connectivity index (χ0v) is 8.21. The van der Waals surface area contributed by atoms with Gasteiger partial charge in [0.15, 0.2) is 0 Å². The van der Waals surface area contributed by atoms with E-state index in [-0.39, 0.29) is 0 Å². The van der Waals surface area contributed by atoms with Crippen LogP contribution in [0.2, 0.25) is 0 Å². The summed E-state index contributed by atoms with van der Waals surface area (Å²) in [6.07, 6.45) is 1.53. The van der Waals surface area contributed by atoms with Gasteiger partial charge in [-0.3, -0.25) is 0 Å². The molecule has 76 valence electrons. The summed E-state index contributed by atoms with van der Waals surface area (Å²) in [5, 5.41) is 6.61. The van der Waals surface area contributed by atoms with Crippen molar-refractivity contribution in [3.63, 3.8) is 0 Å². The van der Waals surface area contributed by atoms with Gasteiger partial charge in [0.25, 0.3) is 5.95 Å². The maximum Gasteiger partial charge on any atom is 0.290 e. The van der Waals surface area contributed by atoms with E-state index in [4.69, 9.17) is 4.52 Å². The van der Waals surface area contributed by atoms with Crippen LogP contribution >= 0.6 is 0 Å². The van der Waals surface area contributed by atoms with Crippen molar-refractivity contribution >= 4 is 18.0 Å². The second-order valence-electron chi connectivity index (χ2n) is 2.88. The van der Waals surface area contributed by atoms with Gasteiger partial charge in [0, 0.05) is 12.6 Å². The molecule has 0 amide bonds. The molecule has 1 aromatic carbocycles. The quantitative estimate of drug-likeness (QED) is 0.611. The van der Waals surface area contributed by atoms with Crippen LogP contribution in [0.15, 0.2) is 39.8 Å². The lowest BCUT2D eigenvalue weighted by Gasteiger charge is -1.96. The Labute approximate surface area is 86.8 Å². The van der Waals surface area contributed by atoms with Crippen LogP contribution in [0, 0.1) is 6.92 Å². The summed E-state index contributed by atoms with van der Waals surface area (Å²) < 4.78 is 4.76. The Morgan fingerprint density at radius 1 is 1.33 bits per heavy atom. The first-order chi connectivity index (χ1) is 7.34. The molecule has 0 aliphatic rings. The summed E-state index contributed by atoms with van der Waals surface area (Å²) in [7, 11) is 0. The van der Waals surface area contributed by atoms with Crippen molar-refractivity contribution in [2.75, 3.05) is 5.32 Å². The van der Waals surface area contributed by atoms with Crippen molar-refractivity contribution in [2.24, 2.45) is 4.99 Å². The molecule has 1 heterocycles. The van der Waals surface area contributed by atoms with E-state index in [1.54, 1.807) is 6.92 Å². The van der Waals surface area contributed by atoms with Gasteiger partial charge < -0.3 is 9.84 Å². The van der Waals surface area contributed by atoms with Gasteiger partial charge in [-0.1, -0.05) is 18.2 Å². The molecular weight excluding hydrogens is 192 g/mol. The average Bonchev–Trinajstić information content (AvgIpc) is 2.66. The van der Waals surface area contributed by atoms with E-state index in [0.717, 1.165) is 5.69 Å². The maximum atomic E-state index is 4.76. The summed E-state index contributed by atoms with van der Waals surface area (Å²) >= 11 is 0. The highest BCUT2D eigenvalue weighted by molar-refractivity contribution is 5.76. The normalized spacial score (nSPS) is 10.7. The van der Waals surface area contributed by atoms with Gasteiger partial charge in [0.2, 0.25) is 5.89 Å². The van der Waals surface area contributed by atoms with E-state index >= 15 is 0 Å². The molecular formula is C10H10N4O. The number of aromatic nitrogens is 2. The molecule has 0 aliphatic carbocycles. The fourth-order valence-electron chi connectivity index (χ4n) is 1.04. The summed E-state index contributed by atoms with van der Waals surface area (Å²) in [4.78, 5) is 7.90. The number of hydrogen-bond acceptors (Lipinski definition) is 4. The zero-order valence-electron chi connectivity index (χ0n) is 8.21. The smallest absolute Gasteiger partial charge is 0.290 e. The number of benzene rings is 1. The lowest BCUT2D eigenvalue weighted by molar-refractivity contribution is 0.394. The van der Waals surface area contributed by atoms with Crippen LogP contribution in [-0.4, -0.2) is 16.5 Å². The van der Waals surface area contributed by atoms with Gasteiger partial charge >= 0.3 is 0 Å². The minimum absolute atomic E-state index is 0.316. The first-order valence-electron chi connectivity index (χ1n) is 4.49. The summed E-state index contributed by atoms with van der Waals surface area (Å²) in [6, 6.07) is 9.70. The standard InChI is InChI=1S/C10H10N4O/c1-8-13-10(14-15-8)12-7-11-9-5-3-2-4-6-9/h2-7H,1H3,(H,11,12,14). The lowest BCUT2D eigenvalue weighted by atomic mass is 10.3. The average molecular weight is 202 g/mol. The first kappa shape index (κ1) is 9.39. The van der Waals surface area contributed by atoms with Gasteiger partial charge in [-0.2, -0.15) is 9.98 Å². The largest absolute Gasteiger partial charge is 0.346 e. The molecule has 15 heavy (non-hydrogen) atoms. The third-order valence-electron chi connectivity index (χ3n) is 1.70. The summed E-state index contributed by atoms with van der Waals surface area (Å²) in [6.45, 7) is 1.72. The van der Waals surface area contributed by atoms with Gasteiger partial charge in [-0.05, 0) is 17.3 Å². The van der Waals surface area contributed by atoms with Crippen LogP contribution in [0.25, 0.3) is 0 Å². The predicted molar refractivity (Wildman–Crippen MR) is 57.3 cm³/mol. The molecule has 0 saturated heterocycles. The molecule has 0 bridgehead atoms. The molecule has 5 nitrogen and oxygen atoms in total. The highest BCUT2D eigenvalue weighted by Gasteiger charge is 1.96. The number of nitrogens with zero attached hydrogens (tertiary/aromatic N) is 3. The number of rotatable bonds is 3. The van der Waals surface area contributed by atoms with Crippen molar-refractivity contribution in [1.82, 2.24) is 10.1 Å². The molecule has 0 atom stereocenters. The minimum atomic E-state index is 0.316. The Morgan fingerprint density at radius 2 is 2.13 bits per heavy atom. The Morgan fingerprint density at radius 3 is 2.80 bits per heavy atom. The van der Waals surface area contributed by atoms with Gasteiger partial charge in [0.1, 0.15) is 0 Å². The van der Waals surface area contributed by atoms with E-state index in [1.165, 1.54) is 6.34 Å². The van der Waals surface area contributed by atoms with Crippen LogP contribution in [0.5, 0.6) is 0 Å². The third kappa shape index (κ3) is 2.63. The number of aliphatic imine (C=N–C) groups is 1. The highest BCUT2D eigenvalue weighted by atomic mass is 16.5. The van der Waals surface area contributed by atoms with E-state index in [2.05, 4.69) is 20.4 Å². The van der Waals surface area contributed by atoms with Gasteiger partial charge in [-0.15, -0.1) is 0 Å². The molecule has 0 saturated carbocycles. The number of para-hydroxylation sites is 1. The monoisotopic (exact) mass is 202 g/mol. The lowest BCUT2D eigenvalue weighted by Crippen LogP contribution is -1.93. The molecule has 1 N–H and O–H groups in total. The molecule has 0 unspecified atom stereocenters. The molecule has 1 aromatic heterocycles. The number of anilines is 1. The van der Waals surface area contributed by atoms with Crippen LogP contribution in [-0.2, 0) is 0 Å². The topological polar surface area (TPSA) is 63.3 Å². The molecule has 2 aromatic rings. The van der Waals surface area contributed by atoms with E-state index in [9.17, 15) is 0 Å². The molecule has 5 heteroatoms. The maximum absolute atomic E-state index is 4.76. The van der Waals surface area contributed by atoms with Crippen LogP contribution in [0.4, 0.5) is 11.6 Å². The van der Waals surface area contributed by atoms with Crippen molar-refractivity contribution in [1.29, 1.82) is 0 Å². The summed E-state index contributed by atoms with van der Waals surface area (Å²) in [5.41, 5.74) is 0.960. The van der Waals surface area contributed by atoms with E-state index in [1.807, 2.05) is 30.3 Å². The van der Waals surface area contributed by atoms with Crippen molar-refractivity contribution in [3.8, 4) is 0 Å². The zero-order chi connectivity index (χ0) is 10.5. The highest BCUT2D eigenvalue weighted by Crippen LogP contribution is 2.05. The molecule has 0 spiro atoms. The van der Waals surface area contributed by atoms with E-state index < -0.39 is 0 Å². The van der Waals surface area contributed by atoms with Crippen LogP contribution in [0.3, 0.4) is 0 Å². The number of aryl methyl sites for hydroxylation is 1. The van der Waals surface area contributed by atoms with E-state index in [0.29, 0.717) is 11.8 Å². The molecule has 2 rings (SSSR count).